The molecule has 10 nitrogen and oxygen atoms in total. The van der Waals surface area contributed by atoms with E-state index < -0.39 is 0 Å². The maximum Gasteiger partial charge on any atom is 0.254 e. The Morgan fingerprint density at radius 1 is 1.38 bits per heavy atom. The number of amides is 2. The number of halogens is 2. The van der Waals surface area contributed by atoms with Crippen molar-refractivity contribution < 1.29 is 14.4 Å². The van der Waals surface area contributed by atoms with Gasteiger partial charge >= 0.3 is 0 Å². The van der Waals surface area contributed by atoms with E-state index in [9.17, 15) is 9.59 Å². The second-order valence-electron chi connectivity index (χ2n) is 9.15. The molecular formula is C25H29Cl2N7O3. The van der Waals surface area contributed by atoms with Gasteiger partial charge in [0, 0.05) is 29.8 Å². The normalized spacial score (nSPS) is 19.1. The van der Waals surface area contributed by atoms with Gasteiger partial charge in [-0.15, -0.1) is 12.4 Å². The highest BCUT2D eigenvalue weighted by atomic mass is 35.5. The van der Waals surface area contributed by atoms with E-state index in [1.807, 2.05) is 19.1 Å². The van der Waals surface area contributed by atoms with Gasteiger partial charge < -0.3 is 25.7 Å². The van der Waals surface area contributed by atoms with Gasteiger partial charge in [-0.05, 0) is 50.4 Å². The number of nitrogens with zero attached hydrogens (tertiary/aromatic N) is 3. The summed E-state index contributed by atoms with van der Waals surface area (Å²) in [7, 11) is 0. The zero-order valence-corrected chi connectivity index (χ0v) is 21.9. The average molecular weight is 546 g/mol. The third-order valence-electron chi connectivity index (χ3n) is 6.63. The second-order valence-corrected chi connectivity index (χ2v) is 9.56. The molecule has 12 heteroatoms. The smallest absolute Gasteiger partial charge is 0.254 e. The maximum atomic E-state index is 13.1. The number of piperidine rings is 1. The summed E-state index contributed by atoms with van der Waals surface area (Å²) in [5.41, 5.74) is 5.94. The summed E-state index contributed by atoms with van der Waals surface area (Å²) in [4.78, 5) is 41.1. The summed E-state index contributed by atoms with van der Waals surface area (Å²) in [6.07, 6.45) is 8.56. The second kappa shape index (κ2) is 11.8. The van der Waals surface area contributed by atoms with Gasteiger partial charge in [-0.3, -0.25) is 9.59 Å². The minimum absolute atomic E-state index is 0. The van der Waals surface area contributed by atoms with Crippen molar-refractivity contribution in [1.29, 1.82) is 0 Å². The molecular weight excluding hydrogens is 517 g/mol. The van der Waals surface area contributed by atoms with E-state index in [4.69, 9.17) is 16.4 Å². The van der Waals surface area contributed by atoms with E-state index in [2.05, 4.69) is 31.4 Å². The monoisotopic (exact) mass is 545 g/mol. The molecule has 0 radical (unpaired) electrons. The lowest BCUT2D eigenvalue weighted by atomic mass is 9.93. The molecule has 37 heavy (non-hydrogen) atoms. The zero-order valence-electron chi connectivity index (χ0n) is 20.3. The van der Waals surface area contributed by atoms with Crippen molar-refractivity contribution in [2.24, 2.45) is 5.92 Å². The van der Waals surface area contributed by atoms with Crippen LogP contribution in [0.1, 0.15) is 35.7 Å². The average Bonchev–Trinajstić information content (AvgIpc) is 3.20. The Bertz CT molecular complexity index is 1230. The Hall–Kier alpha value is -3.34. The summed E-state index contributed by atoms with van der Waals surface area (Å²) in [6.45, 7) is 4.38. The first-order valence-corrected chi connectivity index (χ1v) is 12.4. The van der Waals surface area contributed by atoms with Gasteiger partial charge in [0.25, 0.3) is 5.91 Å². The highest BCUT2D eigenvalue weighted by Gasteiger charge is 2.30. The molecule has 0 spiro atoms. The number of allylic oxidation sites excluding steroid dienone is 1. The van der Waals surface area contributed by atoms with Crippen molar-refractivity contribution in [1.82, 2.24) is 31.0 Å². The molecule has 196 valence electrons. The van der Waals surface area contributed by atoms with Crippen LogP contribution in [-0.2, 0) is 16.2 Å². The summed E-state index contributed by atoms with van der Waals surface area (Å²) in [5, 5.41) is 9.89. The minimum Gasteiger partial charge on any atom is -0.390 e. The number of carbonyl (C=O) groups excluding carboxylic acids is 2. The number of fused-ring (bicyclic) bond motifs is 1. The first-order valence-electron chi connectivity index (χ1n) is 12.0. The minimum atomic E-state index is -0.180. The predicted octanol–water partition coefficient (Wildman–Crippen LogP) is 2.98. The van der Waals surface area contributed by atoms with Gasteiger partial charge in [0.2, 0.25) is 11.9 Å². The standard InChI is InChI=1S/C25H28ClN7O3.ClH/c1-15(17-3-2-7-27-10-17)30-22(34)14-33-13-18-5-4-16(9-20(18)24(33)35)23-21(26)12-28-25(32-23)31-19-6-8-36-29-11-19;/h4-6,8-9,11-12,15,17,27,29H,2-3,7,10,13-14H2,1H3,(H,30,34)(H,28,31,32);1H. The molecule has 2 atom stereocenters. The van der Waals surface area contributed by atoms with Crippen LogP contribution >= 0.6 is 24.0 Å². The van der Waals surface area contributed by atoms with Crippen molar-refractivity contribution in [2.75, 3.05) is 25.0 Å². The summed E-state index contributed by atoms with van der Waals surface area (Å²) in [6, 6.07) is 5.60. The molecule has 4 N–H and O–H groups in total. The molecule has 1 saturated heterocycles. The van der Waals surface area contributed by atoms with Crippen LogP contribution in [0.4, 0.5) is 5.95 Å². The molecule has 3 aliphatic rings. The zero-order chi connectivity index (χ0) is 25.1. The third kappa shape index (κ3) is 6.15. The largest absolute Gasteiger partial charge is 0.390 e. The SMILES string of the molecule is CC(NC(=O)CN1Cc2ccc(-c3nc(NC4=CNOC=C4)ncc3Cl)cc2C1=O)C1CCCNC1.Cl. The van der Waals surface area contributed by atoms with E-state index >= 15 is 0 Å². The van der Waals surface area contributed by atoms with Gasteiger partial charge in [0.1, 0.15) is 12.8 Å². The number of anilines is 1. The first-order chi connectivity index (χ1) is 17.5. The molecule has 4 heterocycles. The Balaban J connectivity index is 0.00000320. The van der Waals surface area contributed by atoms with Crippen LogP contribution in [0.5, 0.6) is 0 Å². The first kappa shape index (κ1) is 26.7. The Labute approximate surface area is 226 Å². The molecule has 2 amide bonds. The summed E-state index contributed by atoms with van der Waals surface area (Å²) in [5.74, 6) is 0.432. The summed E-state index contributed by atoms with van der Waals surface area (Å²) < 4.78 is 0. The molecule has 0 saturated carbocycles. The van der Waals surface area contributed by atoms with Gasteiger partial charge in [-0.2, -0.15) is 0 Å². The van der Waals surface area contributed by atoms with Crippen LogP contribution in [0.2, 0.25) is 5.02 Å². The van der Waals surface area contributed by atoms with Crippen LogP contribution < -0.4 is 21.4 Å². The fourth-order valence-corrected chi connectivity index (χ4v) is 4.86. The lowest BCUT2D eigenvalue weighted by molar-refractivity contribution is -0.122. The van der Waals surface area contributed by atoms with Crippen LogP contribution in [0.25, 0.3) is 11.3 Å². The molecule has 1 fully saturated rings. The van der Waals surface area contributed by atoms with Crippen molar-refractivity contribution in [3.05, 3.63) is 64.8 Å². The Morgan fingerprint density at radius 3 is 3.00 bits per heavy atom. The fraction of sp³-hybridized carbons (Fsp3) is 0.360. The third-order valence-corrected chi connectivity index (χ3v) is 6.90. The van der Waals surface area contributed by atoms with E-state index in [0.717, 1.165) is 31.5 Å². The highest BCUT2D eigenvalue weighted by Crippen LogP contribution is 2.31. The fourth-order valence-electron chi connectivity index (χ4n) is 4.66. The van der Waals surface area contributed by atoms with E-state index in [1.165, 1.54) is 12.5 Å². The van der Waals surface area contributed by atoms with Crippen molar-refractivity contribution >= 4 is 41.8 Å². The number of carbonyl (C=O) groups is 2. The number of benzene rings is 1. The quantitative estimate of drug-likeness (QED) is 0.419. The molecule has 3 aliphatic heterocycles. The van der Waals surface area contributed by atoms with E-state index in [-0.39, 0.29) is 36.8 Å². The van der Waals surface area contributed by atoms with Crippen LogP contribution in [0, 0.1) is 5.92 Å². The highest BCUT2D eigenvalue weighted by molar-refractivity contribution is 6.33. The summed E-state index contributed by atoms with van der Waals surface area (Å²) >= 11 is 6.40. The van der Waals surface area contributed by atoms with Crippen LogP contribution in [0.15, 0.2) is 48.6 Å². The lowest BCUT2D eigenvalue weighted by Gasteiger charge is -2.29. The molecule has 0 aliphatic carbocycles. The maximum absolute atomic E-state index is 13.1. The van der Waals surface area contributed by atoms with Gasteiger partial charge in [-0.25, -0.2) is 15.4 Å². The topological polar surface area (TPSA) is 121 Å². The number of rotatable bonds is 7. The van der Waals surface area contributed by atoms with Crippen molar-refractivity contribution in [3.8, 4) is 11.3 Å². The molecule has 2 aromatic rings. The number of nitrogens with one attached hydrogen (secondary N) is 4. The number of hydroxylamine groups is 1. The van der Waals surface area contributed by atoms with E-state index in [1.54, 1.807) is 23.2 Å². The number of hydrogen-bond acceptors (Lipinski definition) is 8. The molecule has 0 bridgehead atoms. The van der Waals surface area contributed by atoms with Crippen LogP contribution in [-0.4, -0.2) is 52.4 Å². The van der Waals surface area contributed by atoms with Gasteiger partial charge in [-0.1, -0.05) is 23.7 Å². The molecule has 2 unspecified atom stereocenters. The molecule has 5 rings (SSSR count). The molecule has 1 aromatic heterocycles. The van der Waals surface area contributed by atoms with Crippen LogP contribution in [0.3, 0.4) is 0 Å². The lowest BCUT2D eigenvalue weighted by Crippen LogP contribution is -2.47. The number of aromatic nitrogens is 2. The van der Waals surface area contributed by atoms with Crippen molar-refractivity contribution in [3.63, 3.8) is 0 Å². The Kier molecular flexibility index (Phi) is 8.52. The van der Waals surface area contributed by atoms with Gasteiger partial charge in [0.05, 0.1) is 28.8 Å². The van der Waals surface area contributed by atoms with E-state index in [0.29, 0.717) is 46.0 Å². The number of hydrogen-bond donors (Lipinski definition) is 4. The van der Waals surface area contributed by atoms with Crippen molar-refractivity contribution in [2.45, 2.75) is 32.4 Å². The van der Waals surface area contributed by atoms with Gasteiger partial charge in [0.15, 0.2) is 0 Å². The Morgan fingerprint density at radius 2 is 2.24 bits per heavy atom. The predicted molar refractivity (Wildman–Crippen MR) is 143 cm³/mol. The molecule has 1 aromatic carbocycles.